The fraction of sp³-hybridized carbons (Fsp3) is 0.448. The van der Waals surface area contributed by atoms with Crippen LogP contribution in [-0.4, -0.2) is 37.6 Å². The molecule has 3 aromatic rings. The average Bonchev–Trinajstić information content (AvgIpc) is 3.36. The Kier molecular flexibility index (Phi) is 10.5. The number of carbonyl (C=O) groups excluding carboxylic acids is 1. The zero-order valence-corrected chi connectivity index (χ0v) is 24.5. The maximum atomic E-state index is 13.0. The first-order valence-corrected chi connectivity index (χ1v) is 16.6. The normalized spacial score (nSPS) is 14.5. The number of hydrogen-bond acceptors (Lipinski definition) is 6. The molecule has 1 aromatic heterocycles. The third-order valence-corrected chi connectivity index (χ3v) is 12.3. The molecule has 1 amide bonds. The first-order valence-electron chi connectivity index (χ1n) is 12.9. The van der Waals surface area contributed by atoms with E-state index in [9.17, 15) is 4.79 Å². The summed E-state index contributed by atoms with van der Waals surface area (Å²) in [4.78, 5) is 17.9. The van der Waals surface area contributed by atoms with Crippen LogP contribution >= 0.6 is 11.3 Å². The second-order valence-electron chi connectivity index (χ2n) is 11.1. The van der Waals surface area contributed by atoms with E-state index in [2.05, 4.69) is 68.4 Å². The lowest BCUT2D eigenvalue weighted by atomic mass is 9.94. The molecule has 0 bridgehead atoms. The molecule has 0 aliphatic carbocycles. The number of nitrogens with zero attached hydrogens (tertiary/aromatic N) is 1. The van der Waals surface area contributed by atoms with Gasteiger partial charge in [0.25, 0.3) is 0 Å². The second kappa shape index (κ2) is 13.3. The maximum absolute atomic E-state index is 13.0. The molecule has 0 radical (unpaired) electrons. The van der Waals surface area contributed by atoms with Crippen LogP contribution in [0.25, 0.3) is 0 Å². The van der Waals surface area contributed by atoms with Crippen molar-refractivity contribution in [3.63, 3.8) is 0 Å². The fourth-order valence-corrected chi connectivity index (χ4v) is 5.81. The van der Waals surface area contributed by atoms with Crippen molar-refractivity contribution in [2.75, 3.05) is 0 Å². The number of hydrogen-bond donors (Lipinski definition) is 2. The summed E-state index contributed by atoms with van der Waals surface area (Å²) in [7, 11) is -2.17. The van der Waals surface area contributed by atoms with Crippen LogP contribution in [0.5, 0.6) is 0 Å². The van der Waals surface area contributed by atoms with Gasteiger partial charge in [-0.25, -0.2) is 4.79 Å². The quantitative estimate of drug-likeness (QED) is 0.263. The Labute approximate surface area is 226 Å². The van der Waals surface area contributed by atoms with Gasteiger partial charge in [-0.3, -0.25) is 4.98 Å². The number of amides is 1. The number of alkyl carbamates (subject to hydrolysis) is 1. The van der Waals surface area contributed by atoms with Crippen LogP contribution in [0.3, 0.4) is 0 Å². The van der Waals surface area contributed by atoms with Crippen molar-refractivity contribution in [1.82, 2.24) is 10.3 Å². The molecule has 0 saturated carbocycles. The molecular weight excluding hydrogens is 498 g/mol. The molecule has 3 N–H and O–H groups in total. The van der Waals surface area contributed by atoms with E-state index in [1.54, 1.807) is 11.7 Å². The van der Waals surface area contributed by atoms with Gasteiger partial charge in [-0.05, 0) is 48.5 Å². The van der Waals surface area contributed by atoms with Crippen LogP contribution in [0.4, 0.5) is 4.79 Å². The van der Waals surface area contributed by atoms with Crippen molar-refractivity contribution >= 4 is 25.7 Å². The molecule has 3 atom stereocenters. The molecule has 3 rings (SSSR count). The fourth-order valence-electron chi connectivity index (χ4n) is 3.93. The molecule has 0 aliphatic heterocycles. The summed E-state index contributed by atoms with van der Waals surface area (Å²) in [6, 6.07) is 20.0. The summed E-state index contributed by atoms with van der Waals surface area (Å²) in [6.07, 6.45) is 2.96. The summed E-state index contributed by atoms with van der Waals surface area (Å²) >= 11 is 1.46. The first kappa shape index (κ1) is 29.0. The SMILES string of the molecule is CC(C)(C)[Si](C)(C)O[C@@H](C[C@@H](N)Cc1ccccc1)[C@@H](Cc1ccccc1)NC(=O)OCc1cncs1. The summed E-state index contributed by atoms with van der Waals surface area (Å²) in [6.45, 7) is 11.3. The van der Waals surface area contributed by atoms with Crippen molar-refractivity contribution in [3.05, 3.63) is 88.4 Å². The van der Waals surface area contributed by atoms with Crippen LogP contribution in [0.15, 0.2) is 72.4 Å². The lowest BCUT2D eigenvalue weighted by molar-refractivity contribution is 0.0980. The van der Waals surface area contributed by atoms with E-state index in [-0.39, 0.29) is 29.8 Å². The molecular formula is C29H41N3O3SSi. The number of benzene rings is 2. The molecule has 6 nitrogen and oxygen atoms in total. The van der Waals surface area contributed by atoms with Gasteiger partial charge in [-0.15, -0.1) is 11.3 Å². The second-order valence-corrected chi connectivity index (χ2v) is 16.8. The maximum Gasteiger partial charge on any atom is 0.407 e. The molecule has 2 aromatic carbocycles. The molecule has 0 saturated heterocycles. The van der Waals surface area contributed by atoms with Gasteiger partial charge in [0.05, 0.1) is 22.5 Å². The lowest BCUT2D eigenvalue weighted by Crippen LogP contribution is -2.54. The number of carbonyl (C=O) groups is 1. The summed E-state index contributed by atoms with van der Waals surface area (Å²) < 4.78 is 12.5. The van der Waals surface area contributed by atoms with Crippen LogP contribution in [0.1, 0.15) is 43.2 Å². The Morgan fingerprint density at radius 2 is 1.62 bits per heavy atom. The monoisotopic (exact) mass is 539 g/mol. The van der Waals surface area contributed by atoms with Gasteiger partial charge in [-0.1, -0.05) is 81.4 Å². The van der Waals surface area contributed by atoms with Crippen molar-refractivity contribution < 1.29 is 14.0 Å². The highest BCUT2D eigenvalue weighted by molar-refractivity contribution is 7.09. The molecule has 8 heteroatoms. The van der Waals surface area contributed by atoms with Crippen molar-refractivity contribution in [2.45, 2.75) is 83.0 Å². The van der Waals surface area contributed by atoms with Crippen LogP contribution < -0.4 is 11.1 Å². The van der Waals surface area contributed by atoms with Gasteiger partial charge in [-0.2, -0.15) is 0 Å². The molecule has 0 unspecified atom stereocenters. The van der Waals surface area contributed by atoms with Crippen molar-refractivity contribution in [3.8, 4) is 0 Å². The van der Waals surface area contributed by atoms with Gasteiger partial charge in [0.1, 0.15) is 6.61 Å². The van der Waals surface area contributed by atoms with Gasteiger partial charge < -0.3 is 20.2 Å². The summed E-state index contributed by atoms with van der Waals surface area (Å²) in [5.74, 6) is 0. The number of nitrogens with two attached hydrogens (primary N) is 1. The minimum Gasteiger partial charge on any atom is -0.444 e. The Morgan fingerprint density at radius 3 is 2.16 bits per heavy atom. The van der Waals surface area contributed by atoms with Gasteiger partial charge in [0.15, 0.2) is 8.32 Å². The zero-order valence-electron chi connectivity index (χ0n) is 22.6. The minimum absolute atomic E-state index is 0.0127. The van der Waals surface area contributed by atoms with Crippen LogP contribution in [0.2, 0.25) is 18.1 Å². The van der Waals surface area contributed by atoms with E-state index in [0.29, 0.717) is 12.8 Å². The number of nitrogens with one attached hydrogen (secondary N) is 1. The minimum atomic E-state index is -2.17. The van der Waals surface area contributed by atoms with Crippen molar-refractivity contribution in [1.29, 1.82) is 0 Å². The van der Waals surface area contributed by atoms with E-state index in [4.69, 9.17) is 14.9 Å². The van der Waals surface area contributed by atoms with Crippen LogP contribution in [0, 0.1) is 0 Å². The molecule has 0 fully saturated rings. The smallest absolute Gasteiger partial charge is 0.407 e. The predicted molar refractivity (Wildman–Crippen MR) is 154 cm³/mol. The molecule has 0 aliphatic rings. The van der Waals surface area contributed by atoms with E-state index >= 15 is 0 Å². The number of rotatable bonds is 12. The molecule has 1 heterocycles. The lowest BCUT2D eigenvalue weighted by Gasteiger charge is -2.42. The highest BCUT2D eigenvalue weighted by Gasteiger charge is 2.41. The third-order valence-electron chi connectivity index (χ3n) is 7.01. The highest BCUT2D eigenvalue weighted by atomic mass is 32.1. The Bertz CT molecular complexity index is 1070. The Morgan fingerprint density at radius 1 is 1.03 bits per heavy atom. The number of ether oxygens (including phenoxy) is 1. The summed E-state index contributed by atoms with van der Waals surface area (Å²) in [5.41, 5.74) is 10.7. The standard InChI is InChI=1S/C29H41N3O3SSi/c1-29(2,3)37(4,5)35-27(18-24(30)16-22-12-8-6-9-13-22)26(17-23-14-10-7-11-15-23)32-28(33)34-20-25-19-31-21-36-25/h6-15,19,21,24,26-27H,16-18,20,30H2,1-5H3,(H,32,33)/t24-,26+,27-/m0/s1. The van der Waals surface area contributed by atoms with Gasteiger partial charge >= 0.3 is 6.09 Å². The van der Waals surface area contributed by atoms with Gasteiger partial charge in [0, 0.05) is 12.2 Å². The van der Waals surface area contributed by atoms with Crippen molar-refractivity contribution in [2.24, 2.45) is 5.73 Å². The zero-order chi connectivity index (χ0) is 26.9. The highest BCUT2D eigenvalue weighted by Crippen LogP contribution is 2.38. The average molecular weight is 540 g/mol. The molecule has 200 valence electrons. The molecule has 37 heavy (non-hydrogen) atoms. The van der Waals surface area contributed by atoms with Gasteiger partial charge in [0.2, 0.25) is 0 Å². The van der Waals surface area contributed by atoms with E-state index in [1.165, 1.54) is 16.9 Å². The van der Waals surface area contributed by atoms with E-state index in [1.807, 2.05) is 36.4 Å². The predicted octanol–water partition coefficient (Wildman–Crippen LogP) is 6.33. The number of aromatic nitrogens is 1. The van der Waals surface area contributed by atoms with Crippen LogP contribution in [-0.2, 0) is 28.6 Å². The Balaban J connectivity index is 1.83. The largest absolute Gasteiger partial charge is 0.444 e. The number of thiazole rings is 1. The summed E-state index contributed by atoms with van der Waals surface area (Å²) in [5, 5.41) is 3.15. The Hall–Kier alpha value is -2.52. The third kappa shape index (κ3) is 9.38. The molecule has 0 spiro atoms. The van der Waals surface area contributed by atoms with E-state index in [0.717, 1.165) is 16.9 Å². The first-order chi connectivity index (χ1) is 17.5. The van der Waals surface area contributed by atoms with E-state index < -0.39 is 14.4 Å². The topological polar surface area (TPSA) is 86.5 Å².